The summed E-state index contributed by atoms with van der Waals surface area (Å²) in [5.74, 6) is 0.967. The zero-order valence-electron chi connectivity index (χ0n) is 13.2. The van der Waals surface area contributed by atoms with E-state index in [2.05, 4.69) is 35.0 Å². The first-order valence-corrected chi connectivity index (χ1v) is 8.50. The number of imidazole rings is 1. The molecule has 0 N–H and O–H groups in total. The molecule has 0 atom stereocenters. The highest BCUT2D eigenvalue weighted by Gasteiger charge is 2.16. The molecule has 0 unspecified atom stereocenters. The molecule has 1 heterocycles. The maximum Gasteiger partial charge on any atom is 0.140 e. The molecule has 1 aliphatic carbocycles. The number of hydrogen-bond donors (Lipinski definition) is 0. The van der Waals surface area contributed by atoms with Crippen molar-refractivity contribution in [2.24, 2.45) is 7.05 Å². The van der Waals surface area contributed by atoms with E-state index < -0.39 is 0 Å². The van der Waals surface area contributed by atoms with Gasteiger partial charge in [0.1, 0.15) is 5.82 Å². The lowest BCUT2D eigenvalue weighted by atomic mass is 9.90. The molecule has 2 nitrogen and oxygen atoms in total. The number of aromatic nitrogens is 2. The molecule has 116 valence electrons. The topological polar surface area (TPSA) is 17.8 Å². The minimum absolute atomic E-state index is 0.809. The van der Waals surface area contributed by atoms with Gasteiger partial charge in [-0.2, -0.15) is 0 Å². The molecule has 23 heavy (non-hydrogen) atoms. The molecule has 3 heteroatoms. The molecule has 1 aliphatic rings. The Bertz CT molecular complexity index is 850. The van der Waals surface area contributed by atoms with Crippen LogP contribution < -0.4 is 0 Å². The van der Waals surface area contributed by atoms with Crippen LogP contribution in [0.4, 0.5) is 0 Å². The van der Waals surface area contributed by atoms with E-state index in [0.29, 0.717) is 0 Å². The van der Waals surface area contributed by atoms with Gasteiger partial charge in [-0.3, -0.25) is 0 Å². The van der Waals surface area contributed by atoms with Crippen molar-refractivity contribution in [2.45, 2.75) is 25.7 Å². The van der Waals surface area contributed by atoms with Crippen LogP contribution in [0.5, 0.6) is 0 Å². The minimum Gasteiger partial charge on any atom is -0.333 e. The monoisotopic (exact) mass is 322 g/mol. The van der Waals surface area contributed by atoms with E-state index in [1.165, 1.54) is 24.0 Å². The fourth-order valence-corrected chi connectivity index (χ4v) is 3.69. The molecule has 0 saturated carbocycles. The van der Waals surface area contributed by atoms with Crippen molar-refractivity contribution in [2.75, 3.05) is 0 Å². The standard InChI is InChI=1S/C20H19ClN2/c1-23-13-19(22-20(23)14-7-3-2-4-8-14)17-11-15-9-5-6-10-16(15)12-18(17)21/h2-4,7-8,11-13H,5-6,9-10H2,1H3. The van der Waals surface area contributed by atoms with Crippen molar-refractivity contribution < 1.29 is 0 Å². The SMILES string of the molecule is Cn1cc(-c2cc3c(cc2Cl)CCCC3)nc1-c1ccccc1. The third-order valence-corrected chi connectivity index (χ3v) is 4.93. The molecule has 0 spiro atoms. The third kappa shape index (κ3) is 2.68. The zero-order chi connectivity index (χ0) is 15.8. The first-order valence-electron chi connectivity index (χ1n) is 8.13. The Morgan fingerprint density at radius 2 is 1.70 bits per heavy atom. The van der Waals surface area contributed by atoms with Crippen LogP contribution in [0.25, 0.3) is 22.6 Å². The van der Waals surface area contributed by atoms with E-state index in [4.69, 9.17) is 16.6 Å². The van der Waals surface area contributed by atoms with Gasteiger partial charge in [0.2, 0.25) is 0 Å². The summed E-state index contributed by atoms with van der Waals surface area (Å²) in [5.41, 5.74) is 5.96. The Kier molecular flexibility index (Phi) is 3.70. The second-order valence-electron chi connectivity index (χ2n) is 6.23. The first kappa shape index (κ1) is 14.5. The molecule has 0 fully saturated rings. The van der Waals surface area contributed by atoms with Crippen molar-refractivity contribution in [3.05, 3.63) is 64.8 Å². The van der Waals surface area contributed by atoms with Crippen LogP contribution in [-0.4, -0.2) is 9.55 Å². The molecule has 3 aromatic rings. The second kappa shape index (κ2) is 5.86. The van der Waals surface area contributed by atoms with Gasteiger partial charge in [-0.05, 0) is 48.9 Å². The number of benzene rings is 2. The third-order valence-electron chi connectivity index (χ3n) is 4.62. The largest absolute Gasteiger partial charge is 0.333 e. The number of rotatable bonds is 2. The van der Waals surface area contributed by atoms with Crippen LogP contribution in [0.3, 0.4) is 0 Å². The smallest absolute Gasteiger partial charge is 0.140 e. The van der Waals surface area contributed by atoms with Crippen LogP contribution in [0.1, 0.15) is 24.0 Å². The molecule has 0 radical (unpaired) electrons. The molecule has 2 aromatic carbocycles. The van der Waals surface area contributed by atoms with Crippen LogP contribution in [0.2, 0.25) is 5.02 Å². The maximum absolute atomic E-state index is 6.55. The lowest BCUT2D eigenvalue weighted by Crippen LogP contribution is -2.02. The molecule has 1 aromatic heterocycles. The lowest BCUT2D eigenvalue weighted by Gasteiger charge is -2.17. The summed E-state index contributed by atoms with van der Waals surface area (Å²) in [6.07, 6.45) is 6.90. The molecule has 0 bridgehead atoms. The summed E-state index contributed by atoms with van der Waals surface area (Å²) < 4.78 is 2.07. The lowest BCUT2D eigenvalue weighted by molar-refractivity contribution is 0.686. The van der Waals surface area contributed by atoms with E-state index >= 15 is 0 Å². The Morgan fingerprint density at radius 3 is 2.43 bits per heavy atom. The number of fused-ring (bicyclic) bond motifs is 1. The quantitative estimate of drug-likeness (QED) is 0.627. The second-order valence-corrected chi connectivity index (χ2v) is 6.64. The van der Waals surface area contributed by atoms with Gasteiger partial charge >= 0.3 is 0 Å². The highest BCUT2D eigenvalue weighted by molar-refractivity contribution is 6.33. The summed E-state index contributed by atoms with van der Waals surface area (Å²) in [4.78, 5) is 4.84. The summed E-state index contributed by atoms with van der Waals surface area (Å²) in [7, 11) is 2.03. The maximum atomic E-state index is 6.55. The molecule has 0 aliphatic heterocycles. The minimum atomic E-state index is 0.809. The van der Waals surface area contributed by atoms with Crippen LogP contribution in [-0.2, 0) is 19.9 Å². The van der Waals surface area contributed by atoms with Crippen LogP contribution in [0.15, 0.2) is 48.7 Å². The highest BCUT2D eigenvalue weighted by Crippen LogP contribution is 2.34. The Labute approximate surface area is 141 Å². The molecular formula is C20H19ClN2. The van der Waals surface area contributed by atoms with Crippen LogP contribution in [0, 0.1) is 0 Å². The van der Waals surface area contributed by atoms with E-state index in [-0.39, 0.29) is 0 Å². The van der Waals surface area contributed by atoms with E-state index in [1.807, 2.05) is 25.2 Å². The van der Waals surface area contributed by atoms with Gasteiger partial charge in [-0.15, -0.1) is 0 Å². The Morgan fingerprint density at radius 1 is 1.00 bits per heavy atom. The van der Waals surface area contributed by atoms with E-state index in [1.54, 1.807) is 0 Å². The predicted octanol–water partition coefficient (Wildman–Crippen LogP) is 5.29. The van der Waals surface area contributed by atoms with Gasteiger partial charge in [-0.25, -0.2) is 4.98 Å². The fraction of sp³-hybridized carbons (Fsp3) is 0.250. The van der Waals surface area contributed by atoms with Gasteiger partial charge in [0.05, 0.1) is 10.7 Å². The summed E-state index contributed by atoms with van der Waals surface area (Å²) in [5, 5.41) is 0.809. The molecule has 0 amide bonds. The predicted molar refractivity (Wildman–Crippen MR) is 95.7 cm³/mol. The zero-order valence-corrected chi connectivity index (χ0v) is 14.0. The van der Waals surface area contributed by atoms with Gasteiger partial charge in [-0.1, -0.05) is 41.9 Å². The average Bonchev–Trinajstić information content (AvgIpc) is 2.96. The van der Waals surface area contributed by atoms with Crippen molar-refractivity contribution in [3.63, 3.8) is 0 Å². The normalized spacial score (nSPS) is 13.8. The fourth-order valence-electron chi connectivity index (χ4n) is 3.40. The van der Waals surface area contributed by atoms with Gasteiger partial charge in [0, 0.05) is 24.4 Å². The van der Waals surface area contributed by atoms with Crippen LogP contribution >= 0.6 is 11.6 Å². The van der Waals surface area contributed by atoms with Crippen molar-refractivity contribution in [1.82, 2.24) is 9.55 Å². The summed E-state index contributed by atoms with van der Waals surface area (Å²) in [6, 6.07) is 14.6. The van der Waals surface area contributed by atoms with Crippen molar-refractivity contribution in [1.29, 1.82) is 0 Å². The summed E-state index contributed by atoms with van der Waals surface area (Å²) >= 11 is 6.55. The molecule has 0 saturated heterocycles. The number of halogens is 1. The Hall–Kier alpha value is -2.06. The summed E-state index contributed by atoms with van der Waals surface area (Å²) in [6.45, 7) is 0. The van der Waals surface area contributed by atoms with Gasteiger partial charge < -0.3 is 4.57 Å². The van der Waals surface area contributed by atoms with E-state index in [9.17, 15) is 0 Å². The number of hydrogen-bond acceptors (Lipinski definition) is 1. The van der Waals surface area contributed by atoms with E-state index in [0.717, 1.165) is 40.5 Å². The van der Waals surface area contributed by atoms with Gasteiger partial charge in [0.25, 0.3) is 0 Å². The first-order chi connectivity index (χ1) is 11.2. The molecule has 4 rings (SSSR count). The number of aryl methyl sites for hydroxylation is 3. The average molecular weight is 323 g/mol. The Balaban J connectivity index is 1.80. The van der Waals surface area contributed by atoms with Crippen molar-refractivity contribution in [3.8, 4) is 22.6 Å². The molecular weight excluding hydrogens is 304 g/mol. The highest BCUT2D eigenvalue weighted by atomic mass is 35.5. The number of nitrogens with zero attached hydrogens (tertiary/aromatic N) is 2. The van der Waals surface area contributed by atoms with Crippen molar-refractivity contribution >= 4 is 11.6 Å². The van der Waals surface area contributed by atoms with Gasteiger partial charge in [0.15, 0.2) is 0 Å².